The van der Waals surface area contributed by atoms with Gasteiger partial charge < -0.3 is 9.80 Å². The lowest BCUT2D eigenvalue weighted by atomic mass is 10.0. The first kappa shape index (κ1) is 21.6. The highest BCUT2D eigenvalue weighted by atomic mass is 16.6. The van der Waals surface area contributed by atoms with Crippen LogP contribution in [0.4, 0.5) is 11.4 Å². The molecular formula is C23H27N5O4. The fourth-order valence-electron chi connectivity index (χ4n) is 4.27. The number of anilines is 1. The number of carbonyl (C=O) groups is 1. The lowest BCUT2D eigenvalue weighted by Crippen LogP contribution is -2.49. The zero-order valence-electron chi connectivity index (χ0n) is 18.7. The molecule has 2 aromatic carbocycles. The number of fused-ring (bicyclic) bond motifs is 1. The molecule has 4 rings (SSSR count). The van der Waals surface area contributed by atoms with Crippen molar-refractivity contribution in [1.82, 2.24) is 14.0 Å². The molecule has 1 aliphatic rings. The van der Waals surface area contributed by atoms with Crippen molar-refractivity contribution in [3.63, 3.8) is 0 Å². The molecule has 0 N–H and O–H groups in total. The van der Waals surface area contributed by atoms with Gasteiger partial charge in [-0.2, -0.15) is 0 Å². The van der Waals surface area contributed by atoms with Gasteiger partial charge in [0, 0.05) is 51.9 Å². The van der Waals surface area contributed by atoms with Crippen molar-refractivity contribution in [2.24, 2.45) is 14.1 Å². The predicted molar refractivity (Wildman–Crippen MR) is 123 cm³/mol. The summed E-state index contributed by atoms with van der Waals surface area (Å²) in [6.07, 6.45) is 0. The van der Waals surface area contributed by atoms with Crippen LogP contribution in [0.1, 0.15) is 35.7 Å². The Morgan fingerprint density at radius 2 is 1.53 bits per heavy atom. The molecule has 0 saturated carbocycles. The predicted octanol–water partition coefficient (Wildman–Crippen LogP) is 2.87. The Bertz CT molecular complexity index is 1250. The number of benzene rings is 2. The molecule has 0 aliphatic carbocycles. The summed E-state index contributed by atoms with van der Waals surface area (Å²) < 4.78 is 2.90. The van der Waals surface area contributed by atoms with E-state index >= 15 is 0 Å². The van der Waals surface area contributed by atoms with E-state index in [0.29, 0.717) is 54.4 Å². The number of imidazole rings is 1. The van der Waals surface area contributed by atoms with Gasteiger partial charge in [0.2, 0.25) is 0 Å². The van der Waals surface area contributed by atoms with Gasteiger partial charge in [-0.15, -0.1) is 0 Å². The molecule has 168 valence electrons. The molecule has 0 radical (unpaired) electrons. The molecule has 2 heterocycles. The first-order valence-electron chi connectivity index (χ1n) is 10.7. The Labute approximate surface area is 185 Å². The quantitative estimate of drug-likeness (QED) is 0.462. The van der Waals surface area contributed by atoms with Crippen LogP contribution in [0.25, 0.3) is 11.0 Å². The van der Waals surface area contributed by atoms with E-state index in [0.717, 1.165) is 0 Å². The number of amides is 1. The molecular weight excluding hydrogens is 410 g/mol. The molecule has 0 atom stereocenters. The second-order valence-corrected chi connectivity index (χ2v) is 8.54. The third-order valence-electron chi connectivity index (χ3n) is 6.30. The molecule has 3 aromatic rings. The van der Waals surface area contributed by atoms with E-state index in [9.17, 15) is 19.7 Å². The van der Waals surface area contributed by atoms with Gasteiger partial charge in [-0.25, -0.2) is 4.79 Å². The van der Waals surface area contributed by atoms with Crippen LogP contribution in [0.15, 0.2) is 41.2 Å². The zero-order chi connectivity index (χ0) is 23.2. The van der Waals surface area contributed by atoms with Crippen molar-refractivity contribution in [1.29, 1.82) is 0 Å². The zero-order valence-corrected chi connectivity index (χ0v) is 18.7. The Balaban J connectivity index is 1.56. The molecule has 32 heavy (non-hydrogen) atoms. The van der Waals surface area contributed by atoms with E-state index < -0.39 is 4.92 Å². The minimum absolute atomic E-state index is 0.0321. The second kappa shape index (κ2) is 8.14. The molecule has 1 fully saturated rings. The number of hydrogen-bond donors (Lipinski definition) is 0. The molecule has 1 aromatic heterocycles. The number of rotatable bonds is 4. The summed E-state index contributed by atoms with van der Waals surface area (Å²) in [5.41, 5.74) is 3.19. The SMILES string of the molecule is CC(C)c1ccc(C(=O)N2CCN(c3cc4c(cc3[N+](=O)[O-])n(C)c(=O)n4C)CC2)cc1. The van der Waals surface area contributed by atoms with E-state index in [4.69, 9.17) is 0 Å². The van der Waals surface area contributed by atoms with Crippen molar-refractivity contribution in [3.8, 4) is 0 Å². The summed E-state index contributed by atoms with van der Waals surface area (Å²) in [5, 5.41) is 11.8. The average Bonchev–Trinajstić information content (AvgIpc) is 3.01. The van der Waals surface area contributed by atoms with Crippen LogP contribution in [-0.4, -0.2) is 51.0 Å². The fraction of sp³-hybridized carbons (Fsp3) is 0.391. The lowest BCUT2D eigenvalue weighted by Gasteiger charge is -2.36. The van der Waals surface area contributed by atoms with Crippen molar-refractivity contribution in [2.45, 2.75) is 19.8 Å². The van der Waals surface area contributed by atoms with Gasteiger partial charge >= 0.3 is 5.69 Å². The van der Waals surface area contributed by atoms with Crippen LogP contribution in [0.5, 0.6) is 0 Å². The maximum atomic E-state index is 12.9. The highest BCUT2D eigenvalue weighted by Crippen LogP contribution is 2.33. The first-order valence-corrected chi connectivity index (χ1v) is 10.7. The fourth-order valence-corrected chi connectivity index (χ4v) is 4.27. The van der Waals surface area contributed by atoms with Gasteiger partial charge in [0.1, 0.15) is 5.69 Å². The first-order chi connectivity index (χ1) is 15.2. The minimum Gasteiger partial charge on any atom is -0.362 e. The highest BCUT2D eigenvalue weighted by molar-refractivity contribution is 5.94. The van der Waals surface area contributed by atoms with E-state index in [1.165, 1.54) is 20.8 Å². The number of aryl methyl sites for hydroxylation is 2. The number of carbonyl (C=O) groups excluding carboxylic acids is 1. The topological polar surface area (TPSA) is 93.6 Å². The maximum absolute atomic E-state index is 12.9. The number of hydrogen-bond acceptors (Lipinski definition) is 5. The minimum atomic E-state index is -0.417. The number of nitrogens with zero attached hydrogens (tertiary/aromatic N) is 5. The van der Waals surface area contributed by atoms with Crippen molar-refractivity contribution >= 4 is 28.3 Å². The lowest BCUT2D eigenvalue weighted by molar-refractivity contribution is -0.384. The van der Waals surface area contributed by atoms with E-state index in [1.807, 2.05) is 29.2 Å². The van der Waals surface area contributed by atoms with Crippen molar-refractivity contribution in [3.05, 3.63) is 68.1 Å². The van der Waals surface area contributed by atoms with Gasteiger partial charge in [0.05, 0.1) is 16.0 Å². The number of nitro benzene ring substituents is 1. The van der Waals surface area contributed by atoms with E-state index in [-0.39, 0.29) is 17.3 Å². The van der Waals surface area contributed by atoms with Crippen LogP contribution in [0.2, 0.25) is 0 Å². The van der Waals surface area contributed by atoms with Crippen molar-refractivity contribution < 1.29 is 9.72 Å². The Morgan fingerprint density at radius 3 is 2.06 bits per heavy atom. The van der Waals surface area contributed by atoms with Crippen molar-refractivity contribution in [2.75, 3.05) is 31.1 Å². The molecule has 1 aliphatic heterocycles. The summed E-state index contributed by atoms with van der Waals surface area (Å²) in [4.78, 5) is 40.2. The van der Waals surface area contributed by atoms with Gasteiger partial charge in [-0.05, 0) is 29.7 Å². The van der Waals surface area contributed by atoms with E-state index in [1.54, 1.807) is 25.1 Å². The Hall–Kier alpha value is -3.62. The Morgan fingerprint density at radius 1 is 0.969 bits per heavy atom. The van der Waals surface area contributed by atoms with E-state index in [2.05, 4.69) is 13.8 Å². The number of aromatic nitrogens is 2. The second-order valence-electron chi connectivity index (χ2n) is 8.54. The van der Waals surface area contributed by atoms with Gasteiger partial charge in [0.15, 0.2) is 0 Å². The smallest absolute Gasteiger partial charge is 0.328 e. The van der Waals surface area contributed by atoms with Crippen LogP contribution < -0.4 is 10.6 Å². The monoisotopic (exact) mass is 437 g/mol. The Kier molecular flexibility index (Phi) is 5.50. The van der Waals surface area contributed by atoms with Crippen LogP contribution in [-0.2, 0) is 14.1 Å². The molecule has 1 saturated heterocycles. The van der Waals surface area contributed by atoms with Crippen LogP contribution >= 0.6 is 0 Å². The third kappa shape index (κ3) is 3.63. The summed E-state index contributed by atoms with van der Waals surface area (Å²) in [7, 11) is 3.26. The third-order valence-corrected chi connectivity index (χ3v) is 6.30. The van der Waals surface area contributed by atoms with Gasteiger partial charge in [0.25, 0.3) is 11.6 Å². The summed E-state index contributed by atoms with van der Waals surface area (Å²) >= 11 is 0. The van der Waals surface area contributed by atoms with Gasteiger partial charge in [-0.3, -0.25) is 24.0 Å². The van der Waals surface area contributed by atoms with Gasteiger partial charge in [-0.1, -0.05) is 26.0 Å². The summed E-state index contributed by atoms with van der Waals surface area (Å²) in [6.45, 7) is 6.10. The molecule has 9 nitrogen and oxygen atoms in total. The standard InChI is InChI=1S/C23H27N5O4/c1-15(2)16-5-7-17(8-6-16)22(29)27-11-9-26(10-12-27)20-13-18-19(14-21(20)28(31)32)25(4)23(30)24(18)3/h5-8,13-15H,9-12H2,1-4H3. The number of piperazine rings is 1. The largest absolute Gasteiger partial charge is 0.362 e. The molecule has 0 unspecified atom stereocenters. The normalized spacial score (nSPS) is 14.4. The summed E-state index contributed by atoms with van der Waals surface area (Å²) in [5.74, 6) is 0.371. The molecule has 9 heteroatoms. The molecule has 1 amide bonds. The molecule has 0 bridgehead atoms. The summed E-state index contributed by atoms with van der Waals surface area (Å²) in [6, 6.07) is 10.8. The number of nitro groups is 1. The van der Waals surface area contributed by atoms with Crippen LogP contribution in [0, 0.1) is 10.1 Å². The molecule has 0 spiro atoms. The highest BCUT2D eigenvalue weighted by Gasteiger charge is 2.28. The maximum Gasteiger partial charge on any atom is 0.328 e. The average molecular weight is 438 g/mol. The van der Waals surface area contributed by atoms with Crippen LogP contribution in [0.3, 0.4) is 0 Å².